The maximum absolute atomic E-state index is 12.0. The van der Waals surface area contributed by atoms with Gasteiger partial charge in [-0.1, -0.05) is 28.1 Å². The fraction of sp³-hybridized carbons (Fsp3) is 0.429. The molecule has 4 nitrogen and oxygen atoms in total. The standard InChI is InChI=1S/C14H16BrNO3/c1-19-14(18)13(9-2-4-10(15)5-3-9)12-8-11(17)6-7-16-12/h2-5,12-13,16H,6-8H2,1H3/t12-,13+/m1/s1. The third-order valence-corrected chi connectivity index (χ3v) is 3.87. The van der Waals surface area contributed by atoms with Crippen LogP contribution in [0.2, 0.25) is 0 Å². The minimum absolute atomic E-state index is 0.185. The van der Waals surface area contributed by atoms with Crippen LogP contribution in [0, 0.1) is 0 Å². The van der Waals surface area contributed by atoms with Crippen molar-refractivity contribution >= 4 is 27.7 Å². The van der Waals surface area contributed by atoms with Crippen LogP contribution in [-0.4, -0.2) is 31.4 Å². The first-order valence-electron chi connectivity index (χ1n) is 6.20. The number of halogens is 1. The normalized spacial score (nSPS) is 20.9. The van der Waals surface area contributed by atoms with E-state index in [-0.39, 0.29) is 17.8 Å². The first-order valence-corrected chi connectivity index (χ1v) is 6.99. The lowest BCUT2D eigenvalue weighted by atomic mass is 9.86. The molecule has 0 radical (unpaired) electrons. The Kier molecular flexibility index (Phi) is 4.71. The van der Waals surface area contributed by atoms with E-state index in [1.54, 1.807) is 0 Å². The molecular formula is C14H16BrNO3. The van der Waals surface area contributed by atoms with Gasteiger partial charge in [0.1, 0.15) is 5.78 Å². The van der Waals surface area contributed by atoms with E-state index in [0.717, 1.165) is 10.0 Å². The van der Waals surface area contributed by atoms with Crippen molar-refractivity contribution < 1.29 is 14.3 Å². The molecule has 1 aliphatic rings. The summed E-state index contributed by atoms with van der Waals surface area (Å²) >= 11 is 3.37. The van der Waals surface area contributed by atoms with Gasteiger partial charge in [0.2, 0.25) is 0 Å². The van der Waals surface area contributed by atoms with Gasteiger partial charge in [-0.2, -0.15) is 0 Å². The number of hydrogen-bond acceptors (Lipinski definition) is 4. The van der Waals surface area contributed by atoms with Gasteiger partial charge in [-0.05, 0) is 17.7 Å². The molecule has 1 fully saturated rings. The predicted octanol–water partition coefficient (Wildman–Crippen LogP) is 2.03. The molecule has 0 unspecified atom stereocenters. The van der Waals surface area contributed by atoms with Crippen LogP contribution >= 0.6 is 15.9 Å². The van der Waals surface area contributed by atoms with Gasteiger partial charge >= 0.3 is 5.97 Å². The summed E-state index contributed by atoms with van der Waals surface area (Å²) in [6.45, 7) is 0.619. The van der Waals surface area contributed by atoms with Crippen LogP contribution in [0.4, 0.5) is 0 Å². The van der Waals surface area contributed by atoms with Crippen LogP contribution in [-0.2, 0) is 14.3 Å². The van der Waals surface area contributed by atoms with Crippen molar-refractivity contribution in [3.63, 3.8) is 0 Å². The molecule has 0 saturated carbocycles. The van der Waals surface area contributed by atoms with Crippen LogP contribution in [0.3, 0.4) is 0 Å². The molecule has 1 N–H and O–H groups in total. The molecule has 0 spiro atoms. The van der Waals surface area contributed by atoms with E-state index < -0.39 is 5.92 Å². The highest BCUT2D eigenvalue weighted by molar-refractivity contribution is 9.10. The molecule has 1 aliphatic heterocycles. The zero-order valence-electron chi connectivity index (χ0n) is 10.7. The molecule has 1 saturated heterocycles. The minimum atomic E-state index is -0.442. The largest absolute Gasteiger partial charge is 0.469 e. The van der Waals surface area contributed by atoms with Crippen molar-refractivity contribution in [2.45, 2.75) is 24.8 Å². The monoisotopic (exact) mass is 325 g/mol. The van der Waals surface area contributed by atoms with Crippen LogP contribution in [0.25, 0.3) is 0 Å². The topological polar surface area (TPSA) is 55.4 Å². The minimum Gasteiger partial charge on any atom is -0.469 e. The van der Waals surface area contributed by atoms with Crippen LogP contribution in [0.1, 0.15) is 24.3 Å². The Bertz CT molecular complexity index is 472. The molecule has 1 aromatic rings. The van der Waals surface area contributed by atoms with E-state index >= 15 is 0 Å². The lowest BCUT2D eigenvalue weighted by molar-refractivity contribution is -0.143. The van der Waals surface area contributed by atoms with Gasteiger partial charge in [0.15, 0.2) is 0 Å². The van der Waals surface area contributed by atoms with E-state index in [1.807, 2.05) is 24.3 Å². The molecule has 102 valence electrons. The highest BCUT2D eigenvalue weighted by atomic mass is 79.9. The van der Waals surface area contributed by atoms with Gasteiger partial charge < -0.3 is 10.1 Å². The van der Waals surface area contributed by atoms with Crippen LogP contribution in [0.15, 0.2) is 28.7 Å². The number of esters is 1. The Labute approximate surface area is 120 Å². The average Bonchev–Trinajstić information content (AvgIpc) is 2.41. The van der Waals surface area contributed by atoms with Gasteiger partial charge in [-0.15, -0.1) is 0 Å². The molecule has 0 amide bonds. The van der Waals surface area contributed by atoms with Crippen molar-refractivity contribution in [2.75, 3.05) is 13.7 Å². The fourth-order valence-electron chi connectivity index (χ4n) is 2.38. The summed E-state index contributed by atoms with van der Waals surface area (Å²) < 4.78 is 5.83. The number of ketones is 1. The van der Waals surface area contributed by atoms with Gasteiger partial charge in [-0.25, -0.2) is 0 Å². The Morgan fingerprint density at radius 3 is 2.68 bits per heavy atom. The second kappa shape index (κ2) is 6.30. The van der Waals surface area contributed by atoms with E-state index in [2.05, 4.69) is 21.2 Å². The van der Waals surface area contributed by atoms with Crippen molar-refractivity contribution in [3.05, 3.63) is 34.3 Å². The van der Waals surface area contributed by atoms with Gasteiger partial charge in [0, 0.05) is 29.9 Å². The zero-order chi connectivity index (χ0) is 13.8. The Morgan fingerprint density at radius 1 is 1.42 bits per heavy atom. The Hall–Kier alpha value is -1.20. The molecule has 2 rings (SSSR count). The number of rotatable bonds is 3. The second-order valence-corrected chi connectivity index (χ2v) is 5.52. The second-order valence-electron chi connectivity index (χ2n) is 4.61. The molecule has 2 atom stereocenters. The highest BCUT2D eigenvalue weighted by Gasteiger charge is 2.33. The molecule has 1 heterocycles. The van der Waals surface area contributed by atoms with Crippen molar-refractivity contribution in [1.29, 1.82) is 0 Å². The van der Waals surface area contributed by atoms with Crippen molar-refractivity contribution in [1.82, 2.24) is 5.32 Å². The summed E-state index contributed by atoms with van der Waals surface area (Å²) in [5, 5.41) is 3.24. The summed E-state index contributed by atoms with van der Waals surface area (Å²) in [6, 6.07) is 7.35. The zero-order valence-corrected chi connectivity index (χ0v) is 12.3. The summed E-state index contributed by atoms with van der Waals surface area (Å²) in [5.41, 5.74) is 0.863. The Balaban J connectivity index is 2.27. The quantitative estimate of drug-likeness (QED) is 0.864. The average molecular weight is 326 g/mol. The maximum atomic E-state index is 12.0. The van der Waals surface area contributed by atoms with Crippen molar-refractivity contribution in [2.24, 2.45) is 0 Å². The third-order valence-electron chi connectivity index (χ3n) is 3.34. The van der Waals surface area contributed by atoms with E-state index in [1.165, 1.54) is 7.11 Å². The smallest absolute Gasteiger partial charge is 0.314 e. The van der Waals surface area contributed by atoms with E-state index in [9.17, 15) is 9.59 Å². The molecule has 19 heavy (non-hydrogen) atoms. The summed E-state index contributed by atoms with van der Waals surface area (Å²) in [7, 11) is 1.37. The number of ether oxygens (including phenoxy) is 1. The maximum Gasteiger partial charge on any atom is 0.314 e. The van der Waals surface area contributed by atoms with Gasteiger partial charge in [-0.3, -0.25) is 9.59 Å². The number of piperidine rings is 1. The molecule has 0 aliphatic carbocycles. The number of benzene rings is 1. The SMILES string of the molecule is COC(=O)[C@@H](c1ccc(Br)cc1)[C@H]1CC(=O)CCN1. The molecular weight excluding hydrogens is 310 g/mol. The number of hydrogen-bond donors (Lipinski definition) is 1. The fourth-order valence-corrected chi connectivity index (χ4v) is 2.65. The Morgan fingerprint density at radius 2 is 2.11 bits per heavy atom. The number of Topliss-reactive ketones (excluding diaryl/α,β-unsaturated/α-hetero) is 1. The number of carbonyl (C=O) groups excluding carboxylic acids is 2. The van der Waals surface area contributed by atoms with E-state index in [4.69, 9.17) is 4.74 Å². The first-order chi connectivity index (χ1) is 9.11. The van der Waals surface area contributed by atoms with Gasteiger partial charge in [0.25, 0.3) is 0 Å². The molecule has 0 aromatic heterocycles. The highest BCUT2D eigenvalue weighted by Crippen LogP contribution is 2.26. The van der Waals surface area contributed by atoms with Crippen LogP contribution < -0.4 is 5.32 Å². The summed E-state index contributed by atoms with van der Waals surface area (Å²) in [4.78, 5) is 23.6. The van der Waals surface area contributed by atoms with Crippen molar-refractivity contribution in [3.8, 4) is 0 Å². The van der Waals surface area contributed by atoms with Crippen LogP contribution in [0.5, 0.6) is 0 Å². The predicted molar refractivity (Wildman–Crippen MR) is 74.9 cm³/mol. The number of carbonyl (C=O) groups is 2. The molecule has 0 bridgehead atoms. The summed E-state index contributed by atoms with van der Waals surface area (Å²) in [5.74, 6) is -0.563. The number of methoxy groups -OCH3 is 1. The summed E-state index contributed by atoms with van der Waals surface area (Å²) in [6.07, 6.45) is 0.903. The lowest BCUT2D eigenvalue weighted by Crippen LogP contribution is -2.45. The lowest BCUT2D eigenvalue weighted by Gasteiger charge is -2.29. The first kappa shape index (κ1) is 14.2. The molecule has 5 heteroatoms. The van der Waals surface area contributed by atoms with Gasteiger partial charge in [0.05, 0.1) is 13.0 Å². The molecule has 1 aromatic carbocycles. The number of nitrogens with one attached hydrogen (secondary N) is 1. The third kappa shape index (κ3) is 3.42. The van der Waals surface area contributed by atoms with E-state index in [0.29, 0.717) is 19.4 Å².